The van der Waals surface area contributed by atoms with Gasteiger partial charge in [-0.15, -0.1) is 12.6 Å². The summed E-state index contributed by atoms with van der Waals surface area (Å²) in [6.07, 6.45) is 13.2. The van der Waals surface area contributed by atoms with Crippen molar-refractivity contribution in [3.8, 4) is 0 Å². The Morgan fingerprint density at radius 3 is 2.25 bits per heavy atom. The van der Waals surface area contributed by atoms with Crippen LogP contribution in [0.15, 0.2) is 23.2 Å². The van der Waals surface area contributed by atoms with E-state index in [9.17, 15) is 8.78 Å². The van der Waals surface area contributed by atoms with Crippen LogP contribution >= 0.6 is 12.6 Å². The fourth-order valence-electron chi connectivity index (χ4n) is 4.48. The average Bonchev–Trinajstić information content (AvgIpc) is 2.59. The quantitative estimate of drug-likeness (QED) is 0.352. The van der Waals surface area contributed by atoms with Gasteiger partial charge in [0.2, 0.25) is 0 Å². The van der Waals surface area contributed by atoms with Gasteiger partial charge in [0.05, 0.1) is 10.7 Å². The van der Waals surface area contributed by atoms with E-state index in [0.717, 1.165) is 35.4 Å². The maximum absolute atomic E-state index is 13.2. The van der Waals surface area contributed by atoms with E-state index >= 15 is 0 Å². The molecular weight excluding hydrogens is 324 g/mol. The molecule has 0 aromatic heterocycles. The van der Waals surface area contributed by atoms with Gasteiger partial charge in [0.1, 0.15) is 0 Å². The van der Waals surface area contributed by atoms with E-state index in [1.54, 1.807) is 0 Å². The zero-order valence-corrected chi connectivity index (χ0v) is 15.1. The topological polar surface area (TPSA) is 12.4 Å². The highest BCUT2D eigenvalue weighted by atomic mass is 32.1. The Kier molecular flexibility index (Phi) is 6.31. The van der Waals surface area contributed by atoms with Gasteiger partial charge in [-0.3, -0.25) is 0 Å². The standard InChI is InChI=1S/C20H27F2NS/c21-18-11-10-17(13-19(18)22)23-20(24)12-14-6-8-16(9-7-14)15-4-2-1-3-5-15/h10-11,13-16H,1-9,12H2,(H,23,24). The van der Waals surface area contributed by atoms with Gasteiger partial charge >= 0.3 is 0 Å². The van der Waals surface area contributed by atoms with Crippen LogP contribution in [0, 0.1) is 29.4 Å². The van der Waals surface area contributed by atoms with Gasteiger partial charge in [-0.05, 0) is 62.0 Å². The average molecular weight is 352 g/mol. The lowest BCUT2D eigenvalue weighted by Gasteiger charge is -2.35. The highest BCUT2D eigenvalue weighted by molar-refractivity contribution is 7.97. The van der Waals surface area contributed by atoms with E-state index in [-0.39, 0.29) is 0 Å². The number of halogens is 2. The second-order valence-electron chi connectivity index (χ2n) is 7.51. The van der Waals surface area contributed by atoms with Crippen LogP contribution in [0.4, 0.5) is 14.5 Å². The van der Waals surface area contributed by atoms with E-state index in [0.29, 0.717) is 11.6 Å². The van der Waals surface area contributed by atoms with Gasteiger partial charge in [0, 0.05) is 6.07 Å². The summed E-state index contributed by atoms with van der Waals surface area (Å²) < 4.78 is 26.2. The number of hydrogen-bond donors (Lipinski definition) is 1. The molecule has 0 bridgehead atoms. The van der Waals surface area contributed by atoms with E-state index < -0.39 is 11.6 Å². The third kappa shape index (κ3) is 4.81. The fraction of sp³-hybridized carbons (Fsp3) is 0.650. The molecule has 1 nitrogen and oxygen atoms in total. The molecule has 2 saturated carbocycles. The summed E-state index contributed by atoms with van der Waals surface area (Å²) in [5.74, 6) is 0.825. The molecule has 0 saturated heterocycles. The van der Waals surface area contributed by atoms with Crippen LogP contribution in [0.25, 0.3) is 0 Å². The van der Waals surface area contributed by atoms with Crippen molar-refractivity contribution in [3.63, 3.8) is 0 Å². The van der Waals surface area contributed by atoms with Crippen LogP contribution in [0.5, 0.6) is 0 Å². The predicted octanol–water partition coefficient (Wildman–Crippen LogP) is 6.70. The largest absolute Gasteiger partial charge is 0.247 e. The van der Waals surface area contributed by atoms with Crippen molar-refractivity contribution in [2.24, 2.45) is 22.7 Å². The summed E-state index contributed by atoms with van der Waals surface area (Å²) in [5, 5.41) is 0.724. The summed E-state index contributed by atoms with van der Waals surface area (Å²) in [4.78, 5) is 4.34. The second-order valence-corrected chi connectivity index (χ2v) is 8.03. The molecule has 24 heavy (non-hydrogen) atoms. The van der Waals surface area contributed by atoms with Gasteiger partial charge in [-0.25, -0.2) is 13.8 Å². The van der Waals surface area contributed by atoms with Crippen molar-refractivity contribution < 1.29 is 8.78 Å². The van der Waals surface area contributed by atoms with Crippen LogP contribution in [0.3, 0.4) is 0 Å². The molecule has 0 spiro atoms. The molecule has 2 fully saturated rings. The molecule has 2 aliphatic rings. The normalized spacial score (nSPS) is 26.5. The lowest BCUT2D eigenvalue weighted by atomic mass is 9.70. The molecule has 3 rings (SSSR count). The first kappa shape index (κ1) is 17.9. The first-order valence-corrected chi connectivity index (χ1v) is 9.78. The molecule has 1 aromatic rings. The Morgan fingerprint density at radius 2 is 1.58 bits per heavy atom. The molecule has 0 aliphatic heterocycles. The van der Waals surface area contributed by atoms with Crippen LogP contribution in [-0.2, 0) is 0 Å². The van der Waals surface area contributed by atoms with Crippen molar-refractivity contribution in [1.29, 1.82) is 0 Å². The van der Waals surface area contributed by atoms with Crippen molar-refractivity contribution in [2.75, 3.05) is 0 Å². The molecule has 2 aliphatic carbocycles. The van der Waals surface area contributed by atoms with Gasteiger partial charge < -0.3 is 0 Å². The molecule has 0 unspecified atom stereocenters. The van der Waals surface area contributed by atoms with Crippen molar-refractivity contribution in [2.45, 2.75) is 64.2 Å². The number of nitrogens with zero attached hydrogens (tertiary/aromatic N) is 1. The minimum Gasteiger partial charge on any atom is -0.247 e. The van der Waals surface area contributed by atoms with Crippen LogP contribution in [0.1, 0.15) is 64.2 Å². The summed E-state index contributed by atoms with van der Waals surface area (Å²) in [5.41, 5.74) is 0.440. The number of benzene rings is 1. The maximum Gasteiger partial charge on any atom is 0.160 e. The van der Waals surface area contributed by atoms with Crippen molar-refractivity contribution in [3.05, 3.63) is 29.8 Å². The summed E-state index contributed by atoms with van der Waals surface area (Å²) in [6.45, 7) is 0. The third-order valence-electron chi connectivity index (χ3n) is 5.84. The zero-order chi connectivity index (χ0) is 16.9. The van der Waals surface area contributed by atoms with E-state index in [2.05, 4.69) is 17.6 Å². The molecule has 0 N–H and O–H groups in total. The molecule has 1 aromatic carbocycles. The minimum atomic E-state index is -0.856. The fourth-order valence-corrected chi connectivity index (χ4v) is 4.85. The Morgan fingerprint density at radius 1 is 0.917 bits per heavy atom. The monoisotopic (exact) mass is 351 g/mol. The molecule has 0 atom stereocenters. The third-order valence-corrected chi connectivity index (χ3v) is 6.12. The lowest BCUT2D eigenvalue weighted by molar-refractivity contribution is 0.169. The Labute approximate surface area is 149 Å². The predicted molar refractivity (Wildman–Crippen MR) is 99.1 cm³/mol. The first-order chi connectivity index (χ1) is 11.6. The number of hydrogen-bond acceptors (Lipinski definition) is 1. The highest BCUT2D eigenvalue weighted by Crippen LogP contribution is 2.41. The van der Waals surface area contributed by atoms with Crippen molar-refractivity contribution in [1.82, 2.24) is 0 Å². The number of thiol groups is 1. The Hall–Kier alpha value is -0.900. The smallest absolute Gasteiger partial charge is 0.160 e. The molecular formula is C20H27F2NS. The van der Waals surface area contributed by atoms with E-state index in [4.69, 9.17) is 0 Å². The molecule has 4 heteroatoms. The Bertz CT molecular complexity index is 573. The molecule has 132 valence electrons. The first-order valence-electron chi connectivity index (χ1n) is 9.33. The molecule has 0 heterocycles. The van der Waals surface area contributed by atoms with Crippen molar-refractivity contribution >= 4 is 23.4 Å². The Balaban J connectivity index is 1.49. The summed E-state index contributed by atoms with van der Waals surface area (Å²) >= 11 is 4.47. The second kappa shape index (κ2) is 8.46. The van der Waals surface area contributed by atoms with Crippen LogP contribution in [-0.4, -0.2) is 5.04 Å². The van der Waals surface area contributed by atoms with Crippen LogP contribution < -0.4 is 0 Å². The van der Waals surface area contributed by atoms with Gasteiger partial charge in [-0.1, -0.05) is 32.1 Å². The zero-order valence-electron chi connectivity index (χ0n) is 14.2. The van der Waals surface area contributed by atoms with Gasteiger partial charge in [0.25, 0.3) is 0 Å². The SMILES string of the molecule is Fc1ccc(/N=C(\S)CC2CCC(C3CCCCC3)CC2)cc1F. The molecule has 0 radical (unpaired) electrons. The summed E-state index contributed by atoms with van der Waals surface area (Å²) in [6, 6.07) is 3.74. The maximum atomic E-state index is 13.2. The lowest BCUT2D eigenvalue weighted by Crippen LogP contribution is -2.24. The summed E-state index contributed by atoms with van der Waals surface area (Å²) in [7, 11) is 0. The van der Waals surface area contributed by atoms with Gasteiger partial charge in [-0.2, -0.15) is 0 Å². The minimum absolute atomic E-state index is 0.440. The van der Waals surface area contributed by atoms with E-state index in [1.807, 2.05) is 0 Å². The number of rotatable bonds is 4. The highest BCUT2D eigenvalue weighted by Gasteiger charge is 2.28. The van der Waals surface area contributed by atoms with Crippen LogP contribution in [0.2, 0.25) is 0 Å². The number of aliphatic imine (C=N–C) groups is 1. The molecule has 0 amide bonds. The van der Waals surface area contributed by atoms with Gasteiger partial charge in [0.15, 0.2) is 11.6 Å². The van der Waals surface area contributed by atoms with E-state index in [1.165, 1.54) is 63.9 Å².